The van der Waals surface area contributed by atoms with Gasteiger partial charge < -0.3 is 19.3 Å². The fourth-order valence-electron chi connectivity index (χ4n) is 4.41. The molecule has 3 heterocycles. The summed E-state index contributed by atoms with van der Waals surface area (Å²) in [6.45, 7) is 1.05. The second-order valence-corrected chi connectivity index (χ2v) is 9.82. The molecular formula is C30H22ClF2N3O5. The lowest BCUT2D eigenvalue weighted by Crippen LogP contribution is -2.31. The first-order valence-electron chi connectivity index (χ1n) is 12.7. The van der Waals surface area contributed by atoms with E-state index in [0.717, 1.165) is 6.42 Å². The summed E-state index contributed by atoms with van der Waals surface area (Å²) in [5.74, 6) is -1.53. The molecule has 1 unspecified atom stereocenters. The number of halogens is 3. The van der Waals surface area contributed by atoms with Gasteiger partial charge in [-0.1, -0.05) is 29.8 Å². The van der Waals surface area contributed by atoms with Crippen LogP contribution in [0.4, 0.5) is 8.78 Å². The highest BCUT2D eigenvalue weighted by Crippen LogP contribution is 2.32. The van der Waals surface area contributed by atoms with E-state index < -0.39 is 18.1 Å². The predicted molar refractivity (Wildman–Crippen MR) is 147 cm³/mol. The summed E-state index contributed by atoms with van der Waals surface area (Å²) >= 11 is 5.86. The summed E-state index contributed by atoms with van der Waals surface area (Å²) in [5.41, 5.74) is 1.88. The van der Waals surface area contributed by atoms with Gasteiger partial charge in [0.1, 0.15) is 11.6 Å². The Kier molecular flexibility index (Phi) is 7.25. The van der Waals surface area contributed by atoms with Crippen LogP contribution in [0.3, 0.4) is 0 Å². The van der Waals surface area contributed by atoms with Gasteiger partial charge in [0.05, 0.1) is 34.9 Å². The van der Waals surface area contributed by atoms with Gasteiger partial charge >= 0.3 is 12.0 Å². The first-order valence-corrected chi connectivity index (χ1v) is 13.1. The van der Waals surface area contributed by atoms with Gasteiger partial charge in [-0.3, -0.25) is 4.57 Å². The third kappa shape index (κ3) is 5.70. The normalized spacial score (nSPS) is 15.3. The molecule has 1 saturated heterocycles. The van der Waals surface area contributed by atoms with Crippen molar-refractivity contribution in [3.05, 3.63) is 101 Å². The Bertz CT molecular complexity index is 1740. The van der Waals surface area contributed by atoms with Crippen molar-refractivity contribution in [3.8, 4) is 28.9 Å². The van der Waals surface area contributed by atoms with Crippen molar-refractivity contribution in [2.75, 3.05) is 6.61 Å². The molecular weight excluding hydrogens is 556 g/mol. The average molecular weight is 578 g/mol. The first kappa shape index (κ1) is 26.7. The summed E-state index contributed by atoms with van der Waals surface area (Å²) in [7, 11) is 0. The van der Waals surface area contributed by atoms with Crippen molar-refractivity contribution in [3.63, 3.8) is 0 Å². The van der Waals surface area contributed by atoms with E-state index in [1.54, 1.807) is 41.0 Å². The molecule has 0 aliphatic carbocycles. The molecule has 1 fully saturated rings. The molecule has 0 saturated carbocycles. The number of imidazole rings is 1. The number of carboxylic acid groups (broad SMARTS) is 1. The summed E-state index contributed by atoms with van der Waals surface area (Å²) < 4.78 is 48.5. The number of carbonyl (C=O) groups is 1. The number of hydrogen-bond acceptors (Lipinski definition) is 6. The minimum Gasteiger partial charge on any atom is -0.478 e. The highest BCUT2D eigenvalue weighted by molar-refractivity contribution is 6.30. The van der Waals surface area contributed by atoms with Gasteiger partial charge in [0.25, 0.3) is 6.36 Å². The molecule has 3 aromatic carbocycles. The summed E-state index contributed by atoms with van der Waals surface area (Å²) in [4.78, 5) is 20.3. The van der Waals surface area contributed by atoms with E-state index in [2.05, 4.69) is 9.97 Å². The molecule has 6 rings (SSSR count). The van der Waals surface area contributed by atoms with Crippen molar-refractivity contribution in [1.82, 2.24) is 14.5 Å². The molecule has 0 amide bonds. The van der Waals surface area contributed by atoms with Crippen LogP contribution in [0, 0.1) is 5.82 Å². The van der Waals surface area contributed by atoms with E-state index in [1.165, 1.54) is 42.5 Å². The SMILES string of the molecule is O=C(O)c1ccc2nc(Oc3ccc(-c4cccc(OC(F)c5ccc(Cl)cc5)n4)c(F)c3)n(C[C@@H]3CCO3)c2c1. The van der Waals surface area contributed by atoms with Crippen LogP contribution in [0.15, 0.2) is 78.9 Å². The number of alkyl halides is 1. The van der Waals surface area contributed by atoms with E-state index >= 15 is 4.39 Å². The van der Waals surface area contributed by atoms with Gasteiger partial charge in [-0.05, 0) is 55.0 Å². The number of hydrogen-bond donors (Lipinski definition) is 1. The summed E-state index contributed by atoms with van der Waals surface area (Å²) in [6, 6.07) is 19.8. The Labute approximate surface area is 237 Å². The number of fused-ring (bicyclic) bond motifs is 1. The fraction of sp³-hybridized carbons (Fsp3) is 0.167. The quantitative estimate of drug-likeness (QED) is 0.198. The molecule has 208 valence electrons. The van der Waals surface area contributed by atoms with Crippen molar-refractivity contribution < 1.29 is 32.9 Å². The Hall–Kier alpha value is -4.54. The Morgan fingerprint density at radius 2 is 1.90 bits per heavy atom. The fourth-order valence-corrected chi connectivity index (χ4v) is 4.54. The third-order valence-electron chi connectivity index (χ3n) is 6.65. The Morgan fingerprint density at radius 1 is 1.10 bits per heavy atom. The molecule has 1 aliphatic heterocycles. The van der Waals surface area contributed by atoms with Crippen LogP contribution in [-0.4, -0.2) is 38.3 Å². The lowest BCUT2D eigenvalue weighted by Gasteiger charge is -2.27. The van der Waals surface area contributed by atoms with E-state index in [1.807, 2.05) is 0 Å². The van der Waals surface area contributed by atoms with Crippen LogP contribution in [0.5, 0.6) is 17.6 Å². The first-order chi connectivity index (χ1) is 19.8. The highest BCUT2D eigenvalue weighted by atomic mass is 35.5. The van der Waals surface area contributed by atoms with Crippen LogP contribution in [0.2, 0.25) is 5.02 Å². The van der Waals surface area contributed by atoms with Crippen LogP contribution in [0.25, 0.3) is 22.3 Å². The third-order valence-corrected chi connectivity index (χ3v) is 6.90. The van der Waals surface area contributed by atoms with E-state index in [4.69, 9.17) is 25.8 Å². The zero-order chi connectivity index (χ0) is 28.5. The second-order valence-electron chi connectivity index (χ2n) is 9.39. The maximum atomic E-state index is 15.3. The standard InChI is InChI=1S/C30H22ClF2N3O5/c31-19-7-4-17(5-8-19)28(33)41-27-3-1-2-24(34-27)22-10-9-20(15-23(22)32)40-30-35-25-11-6-18(29(37)38)14-26(25)36(30)16-21-12-13-39-21/h1-11,14-15,21,28H,12-13,16H2,(H,37,38)/t21-,28?/m0/s1. The smallest absolute Gasteiger partial charge is 0.335 e. The molecule has 5 aromatic rings. The van der Waals surface area contributed by atoms with Gasteiger partial charge in [0.2, 0.25) is 5.88 Å². The van der Waals surface area contributed by atoms with Crippen molar-refractivity contribution in [2.24, 2.45) is 0 Å². The van der Waals surface area contributed by atoms with Crippen LogP contribution >= 0.6 is 11.6 Å². The molecule has 11 heteroatoms. The van der Waals surface area contributed by atoms with E-state index in [-0.39, 0.29) is 46.1 Å². The zero-order valence-corrected chi connectivity index (χ0v) is 22.1. The predicted octanol–water partition coefficient (Wildman–Crippen LogP) is 7.22. The molecule has 0 bridgehead atoms. The Balaban J connectivity index is 1.25. The topological polar surface area (TPSA) is 95.7 Å². The number of aromatic carboxylic acids is 1. The molecule has 1 aliphatic rings. The minimum atomic E-state index is -1.79. The largest absolute Gasteiger partial charge is 0.478 e. The summed E-state index contributed by atoms with van der Waals surface area (Å²) in [6.07, 6.45) is -1.00. The number of nitrogens with zero attached hydrogens (tertiary/aromatic N) is 3. The highest BCUT2D eigenvalue weighted by Gasteiger charge is 2.24. The molecule has 41 heavy (non-hydrogen) atoms. The van der Waals surface area contributed by atoms with Crippen molar-refractivity contribution in [1.29, 1.82) is 0 Å². The van der Waals surface area contributed by atoms with Gasteiger partial charge in [-0.15, -0.1) is 0 Å². The van der Waals surface area contributed by atoms with Gasteiger partial charge in [-0.2, -0.15) is 9.37 Å². The summed E-state index contributed by atoms with van der Waals surface area (Å²) in [5, 5.41) is 9.90. The number of pyridine rings is 1. The van der Waals surface area contributed by atoms with E-state index in [0.29, 0.717) is 29.2 Å². The number of carboxylic acids is 1. The van der Waals surface area contributed by atoms with Crippen LogP contribution < -0.4 is 9.47 Å². The maximum absolute atomic E-state index is 15.3. The van der Waals surface area contributed by atoms with Crippen LogP contribution in [-0.2, 0) is 11.3 Å². The van der Waals surface area contributed by atoms with Crippen molar-refractivity contribution >= 4 is 28.6 Å². The molecule has 0 radical (unpaired) electrons. The lowest BCUT2D eigenvalue weighted by molar-refractivity contribution is -0.0593. The average Bonchev–Trinajstić information content (AvgIpc) is 3.27. The molecule has 2 atom stereocenters. The van der Waals surface area contributed by atoms with Crippen LogP contribution in [0.1, 0.15) is 28.7 Å². The monoisotopic (exact) mass is 577 g/mol. The van der Waals surface area contributed by atoms with Gasteiger partial charge in [-0.25, -0.2) is 14.2 Å². The second kappa shape index (κ2) is 11.1. The lowest BCUT2D eigenvalue weighted by atomic mass is 10.1. The number of ether oxygens (including phenoxy) is 3. The molecule has 2 aromatic heterocycles. The van der Waals surface area contributed by atoms with Gasteiger partial charge in [0.15, 0.2) is 0 Å². The molecule has 0 spiro atoms. The van der Waals surface area contributed by atoms with Gasteiger partial charge in [0, 0.05) is 34.9 Å². The maximum Gasteiger partial charge on any atom is 0.335 e. The molecule has 8 nitrogen and oxygen atoms in total. The van der Waals surface area contributed by atoms with E-state index in [9.17, 15) is 14.3 Å². The number of benzene rings is 3. The number of rotatable bonds is 9. The Morgan fingerprint density at radius 3 is 2.61 bits per heavy atom. The minimum absolute atomic E-state index is 0.0164. The van der Waals surface area contributed by atoms with Crippen molar-refractivity contribution in [2.45, 2.75) is 25.4 Å². The zero-order valence-electron chi connectivity index (χ0n) is 21.3. The number of aromatic nitrogens is 3. The molecule has 1 N–H and O–H groups in total.